The van der Waals surface area contributed by atoms with Gasteiger partial charge in [-0.05, 0) is 30.3 Å². The van der Waals surface area contributed by atoms with Crippen molar-refractivity contribution in [2.45, 2.75) is 6.10 Å². The maximum absolute atomic E-state index is 12.9. The summed E-state index contributed by atoms with van der Waals surface area (Å²) in [6, 6.07) is 21.6. The highest BCUT2D eigenvalue weighted by Gasteiger charge is 2.25. The zero-order chi connectivity index (χ0) is 22.2. The highest BCUT2D eigenvalue weighted by atomic mass is 35.5. The molecule has 1 unspecified atom stereocenters. The molecule has 2 N–H and O–H groups in total. The minimum atomic E-state index is -1.24. The number of rotatable bonds is 7. The summed E-state index contributed by atoms with van der Waals surface area (Å²) in [6.45, 7) is -0.396. The van der Waals surface area contributed by atoms with Gasteiger partial charge in [-0.2, -0.15) is 0 Å². The second-order valence-corrected chi connectivity index (χ2v) is 7.35. The highest BCUT2D eigenvalue weighted by molar-refractivity contribution is 6.35. The monoisotopic (exact) mass is 456 g/mol. The lowest BCUT2D eigenvalue weighted by atomic mass is 10.1. The summed E-state index contributed by atoms with van der Waals surface area (Å²) >= 11 is 11.9. The second kappa shape index (κ2) is 10.6. The van der Waals surface area contributed by atoms with E-state index in [0.29, 0.717) is 26.9 Å². The molecule has 0 saturated heterocycles. The van der Waals surface area contributed by atoms with Gasteiger partial charge in [-0.1, -0.05) is 71.7 Å². The SMILES string of the molecule is O=C(CNC(=O)c1ccccc1)OC(C(=O)Nc1cc(Cl)cc(Cl)c1)c1ccccc1. The Bertz CT molecular complexity index is 1060. The largest absolute Gasteiger partial charge is 0.446 e. The van der Waals surface area contributed by atoms with Crippen LogP contribution in [0.25, 0.3) is 0 Å². The molecule has 0 spiro atoms. The zero-order valence-corrected chi connectivity index (χ0v) is 17.7. The Kier molecular flexibility index (Phi) is 7.65. The topological polar surface area (TPSA) is 84.5 Å². The summed E-state index contributed by atoms with van der Waals surface area (Å²) in [5.74, 6) is -1.78. The van der Waals surface area contributed by atoms with Gasteiger partial charge < -0.3 is 15.4 Å². The van der Waals surface area contributed by atoms with Crippen LogP contribution in [0.3, 0.4) is 0 Å². The standard InChI is InChI=1S/C23H18Cl2N2O4/c24-17-11-18(25)13-19(12-17)27-23(30)21(15-7-3-1-4-8-15)31-20(28)14-26-22(29)16-9-5-2-6-10-16/h1-13,21H,14H2,(H,26,29)(H,27,30). The molecule has 31 heavy (non-hydrogen) atoms. The van der Waals surface area contributed by atoms with Crippen molar-refractivity contribution in [3.8, 4) is 0 Å². The van der Waals surface area contributed by atoms with Crippen LogP contribution < -0.4 is 10.6 Å². The Morgan fingerprint density at radius 2 is 1.42 bits per heavy atom. The van der Waals surface area contributed by atoms with E-state index in [1.807, 2.05) is 0 Å². The second-order valence-electron chi connectivity index (χ2n) is 6.48. The van der Waals surface area contributed by atoms with E-state index in [2.05, 4.69) is 10.6 Å². The van der Waals surface area contributed by atoms with Crippen LogP contribution in [0, 0.1) is 0 Å². The average Bonchev–Trinajstić information content (AvgIpc) is 2.76. The molecule has 3 aromatic carbocycles. The van der Waals surface area contributed by atoms with Crippen LogP contribution in [0.5, 0.6) is 0 Å². The molecule has 1 atom stereocenters. The Balaban J connectivity index is 1.69. The molecule has 8 heteroatoms. The third kappa shape index (κ3) is 6.57. The summed E-state index contributed by atoms with van der Waals surface area (Å²) in [7, 11) is 0. The van der Waals surface area contributed by atoms with Gasteiger partial charge in [0.05, 0.1) is 0 Å². The maximum atomic E-state index is 12.9. The lowest BCUT2D eigenvalue weighted by Gasteiger charge is -2.18. The fourth-order valence-electron chi connectivity index (χ4n) is 2.75. The van der Waals surface area contributed by atoms with Gasteiger partial charge in [0.15, 0.2) is 0 Å². The normalized spacial score (nSPS) is 11.3. The molecule has 0 fully saturated rings. The van der Waals surface area contributed by atoms with Crippen LogP contribution in [0.2, 0.25) is 10.0 Å². The molecule has 3 rings (SSSR count). The maximum Gasteiger partial charge on any atom is 0.326 e. The van der Waals surface area contributed by atoms with Crippen LogP contribution in [0.1, 0.15) is 22.0 Å². The number of benzene rings is 3. The summed E-state index contributed by atoms with van der Waals surface area (Å²) in [4.78, 5) is 37.4. The number of hydrogen-bond acceptors (Lipinski definition) is 4. The molecule has 3 aromatic rings. The van der Waals surface area contributed by atoms with Crippen LogP contribution in [0.15, 0.2) is 78.9 Å². The first-order valence-corrected chi connectivity index (χ1v) is 10.0. The Hall–Kier alpha value is -3.35. The lowest BCUT2D eigenvalue weighted by Crippen LogP contribution is -2.33. The number of hydrogen-bond donors (Lipinski definition) is 2. The van der Waals surface area contributed by atoms with Crippen LogP contribution >= 0.6 is 23.2 Å². The number of halogens is 2. The molecule has 6 nitrogen and oxygen atoms in total. The fraction of sp³-hybridized carbons (Fsp3) is 0.0870. The first kappa shape index (κ1) is 22.3. The van der Waals surface area contributed by atoms with E-state index < -0.39 is 30.4 Å². The van der Waals surface area contributed by atoms with Gasteiger partial charge in [0.1, 0.15) is 6.54 Å². The smallest absolute Gasteiger partial charge is 0.326 e. The Morgan fingerprint density at radius 3 is 2.03 bits per heavy atom. The predicted octanol–water partition coefficient (Wildman–Crippen LogP) is 4.65. The van der Waals surface area contributed by atoms with Crippen LogP contribution in [0.4, 0.5) is 5.69 Å². The van der Waals surface area contributed by atoms with E-state index in [4.69, 9.17) is 27.9 Å². The highest BCUT2D eigenvalue weighted by Crippen LogP contribution is 2.25. The molecule has 0 bridgehead atoms. The molecule has 0 saturated carbocycles. The van der Waals surface area contributed by atoms with E-state index >= 15 is 0 Å². The third-order valence-electron chi connectivity index (χ3n) is 4.15. The van der Waals surface area contributed by atoms with Gasteiger partial charge in [0, 0.05) is 26.9 Å². The summed E-state index contributed by atoms with van der Waals surface area (Å²) in [5, 5.41) is 5.82. The van der Waals surface area contributed by atoms with E-state index in [1.54, 1.807) is 60.7 Å². The molecular weight excluding hydrogens is 439 g/mol. The lowest BCUT2D eigenvalue weighted by molar-refractivity contribution is -0.153. The quantitative estimate of drug-likeness (QED) is 0.506. The summed E-state index contributed by atoms with van der Waals surface area (Å²) in [5.41, 5.74) is 1.23. The van der Waals surface area contributed by atoms with Crippen molar-refractivity contribution in [2.75, 3.05) is 11.9 Å². The molecule has 0 heterocycles. The number of carbonyl (C=O) groups excluding carboxylic acids is 3. The first-order valence-electron chi connectivity index (χ1n) is 9.27. The van der Waals surface area contributed by atoms with E-state index in [0.717, 1.165) is 0 Å². The minimum Gasteiger partial charge on any atom is -0.446 e. The molecular formula is C23H18Cl2N2O4. The van der Waals surface area contributed by atoms with Gasteiger partial charge >= 0.3 is 5.97 Å². The van der Waals surface area contributed by atoms with E-state index in [9.17, 15) is 14.4 Å². The number of esters is 1. The average molecular weight is 457 g/mol. The third-order valence-corrected chi connectivity index (χ3v) is 4.59. The molecule has 158 valence electrons. The van der Waals surface area contributed by atoms with Gasteiger partial charge in [-0.3, -0.25) is 14.4 Å². The Morgan fingerprint density at radius 1 is 0.839 bits per heavy atom. The predicted molar refractivity (Wildman–Crippen MR) is 119 cm³/mol. The number of carbonyl (C=O) groups is 3. The van der Waals surface area contributed by atoms with Crippen molar-refractivity contribution in [2.24, 2.45) is 0 Å². The van der Waals surface area contributed by atoms with Crippen molar-refractivity contribution < 1.29 is 19.1 Å². The van der Waals surface area contributed by atoms with Crippen LogP contribution in [-0.4, -0.2) is 24.3 Å². The van der Waals surface area contributed by atoms with Gasteiger partial charge in [-0.25, -0.2) is 0 Å². The van der Waals surface area contributed by atoms with Crippen molar-refractivity contribution in [3.05, 3.63) is 100 Å². The first-order chi connectivity index (χ1) is 14.9. The zero-order valence-electron chi connectivity index (χ0n) is 16.2. The molecule has 0 radical (unpaired) electrons. The van der Waals surface area contributed by atoms with Crippen LogP contribution in [-0.2, 0) is 14.3 Å². The molecule has 0 aliphatic rings. The molecule has 0 aliphatic heterocycles. The molecule has 0 aliphatic carbocycles. The van der Waals surface area contributed by atoms with Gasteiger partial charge in [0.2, 0.25) is 6.10 Å². The number of nitrogens with one attached hydrogen (secondary N) is 2. The Labute approximate surface area is 189 Å². The summed E-state index contributed by atoms with van der Waals surface area (Å²) < 4.78 is 5.39. The molecule has 2 amide bonds. The van der Waals surface area contributed by atoms with Crippen molar-refractivity contribution in [1.82, 2.24) is 5.32 Å². The number of ether oxygens (including phenoxy) is 1. The number of anilines is 1. The van der Waals surface area contributed by atoms with Gasteiger partial charge in [-0.15, -0.1) is 0 Å². The van der Waals surface area contributed by atoms with Gasteiger partial charge in [0.25, 0.3) is 11.8 Å². The van der Waals surface area contributed by atoms with E-state index in [-0.39, 0.29) is 0 Å². The molecule has 0 aromatic heterocycles. The number of amides is 2. The van der Waals surface area contributed by atoms with Crippen molar-refractivity contribution in [3.63, 3.8) is 0 Å². The minimum absolute atomic E-state index is 0.347. The fourth-order valence-corrected chi connectivity index (χ4v) is 3.28. The summed E-state index contributed by atoms with van der Waals surface area (Å²) in [6.07, 6.45) is -1.24. The van der Waals surface area contributed by atoms with E-state index in [1.165, 1.54) is 18.2 Å². The van der Waals surface area contributed by atoms with Crippen molar-refractivity contribution in [1.29, 1.82) is 0 Å². The van der Waals surface area contributed by atoms with Crippen molar-refractivity contribution >= 4 is 46.7 Å².